The number of rotatable bonds is 9. The second-order valence-corrected chi connectivity index (χ2v) is 10.9. The van der Waals surface area contributed by atoms with Crippen LogP contribution in [-0.4, -0.2) is 0 Å². The number of hydrogen-bond acceptors (Lipinski definition) is 0. The predicted molar refractivity (Wildman–Crippen MR) is 154 cm³/mol. The Bertz CT molecular complexity index is 1410. The van der Waals surface area contributed by atoms with Crippen molar-refractivity contribution < 1.29 is 73.8 Å². The largest absolute Gasteiger partial charge is 2.00 e. The van der Waals surface area contributed by atoms with Crippen LogP contribution in [0.4, 0.5) is 0 Å². The van der Waals surface area contributed by atoms with Crippen LogP contribution in [0.2, 0.25) is 0 Å². The normalized spacial score (nSPS) is 17.6. The third-order valence-corrected chi connectivity index (χ3v) is 8.90. The molecule has 3 aromatic carbocycles. The Morgan fingerprint density at radius 1 is 0.667 bits per heavy atom. The van der Waals surface area contributed by atoms with Gasteiger partial charge in [0.25, 0.3) is 0 Å². The molecule has 3 aliphatic carbocycles. The molecular weight excluding hydrogens is 865 g/mol. The first-order valence-corrected chi connectivity index (χ1v) is 14.2. The van der Waals surface area contributed by atoms with Gasteiger partial charge >= 0.3 is 25.8 Å². The van der Waals surface area contributed by atoms with Crippen molar-refractivity contribution >= 4 is 11.1 Å². The van der Waals surface area contributed by atoms with E-state index in [0.29, 0.717) is 23.7 Å². The van der Waals surface area contributed by atoms with Crippen LogP contribution in [0.1, 0.15) is 69.4 Å². The Morgan fingerprint density at radius 3 is 1.87 bits per heavy atom. The number of halogens is 2. The third kappa shape index (κ3) is 6.07. The summed E-state index contributed by atoms with van der Waals surface area (Å²) in [6.45, 7) is 4.71. The Labute approximate surface area is 288 Å². The smallest absolute Gasteiger partial charge is 1.00 e. The number of fused-ring (bicyclic) bond motifs is 5. The molecular formula is C36H38HfI2. The van der Waals surface area contributed by atoms with Gasteiger partial charge in [-0.2, -0.15) is 0 Å². The van der Waals surface area contributed by atoms with Gasteiger partial charge in [-0.3, -0.25) is 0 Å². The minimum absolute atomic E-state index is 0. The second kappa shape index (κ2) is 14.9. The Hall–Kier alpha value is -0.790. The van der Waals surface area contributed by atoms with Crippen LogP contribution in [-0.2, 0) is 25.8 Å². The van der Waals surface area contributed by atoms with E-state index >= 15 is 0 Å². The van der Waals surface area contributed by atoms with Gasteiger partial charge in [-0.25, -0.2) is 0 Å². The number of allylic oxidation sites excluding steroid dienone is 4. The molecule has 0 aromatic heterocycles. The van der Waals surface area contributed by atoms with Crippen LogP contribution in [0.15, 0.2) is 97.1 Å². The van der Waals surface area contributed by atoms with Crippen molar-refractivity contribution in [1.29, 1.82) is 0 Å². The average molecular weight is 903 g/mol. The zero-order valence-electron chi connectivity index (χ0n) is 23.0. The van der Waals surface area contributed by atoms with Gasteiger partial charge in [-0.05, 0) is 68.5 Å². The van der Waals surface area contributed by atoms with Gasteiger partial charge in [0.1, 0.15) is 0 Å². The number of benzene rings is 3. The zero-order valence-corrected chi connectivity index (χ0v) is 31.0. The topological polar surface area (TPSA) is 0 Å². The monoisotopic (exact) mass is 904 g/mol. The fraction of sp³-hybridized carbons (Fsp3) is 0.333. The zero-order chi connectivity index (χ0) is 24.5. The molecule has 0 spiro atoms. The van der Waals surface area contributed by atoms with Crippen LogP contribution >= 0.6 is 0 Å². The molecule has 3 unspecified atom stereocenters. The van der Waals surface area contributed by atoms with Gasteiger partial charge in [0.2, 0.25) is 0 Å². The molecule has 3 aliphatic rings. The van der Waals surface area contributed by atoms with E-state index in [4.69, 9.17) is 0 Å². The maximum Gasteiger partial charge on any atom is 2.00 e. The van der Waals surface area contributed by atoms with E-state index in [1.165, 1.54) is 65.7 Å². The van der Waals surface area contributed by atoms with Crippen LogP contribution in [0.25, 0.3) is 22.3 Å². The van der Waals surface area contributed by atoms with Crippen LogP contribution in [0, 0.1) is 17.8 Å². The van der Waals surface area contributed by atoms with E-state index < -0.39 is 0 Å². The molecule has 0 nitrogen and oxygen atoms in total. The summed E-state index contributed by atoms with van der Waals surface area (Å²) in [7, 11) is 0. The van der Waals surface area contributed by atoms with Crippen LogP contribution in [0.3, 0.4) is 0 Å². The molecule has 0 saturated carbocycles. The first kappa shape index (κ1) is 32.7. The molecule has 6 rings (SSSR count). The fourth-order valence-corrected chi connectivity index (χ4v) is 7.37. The fourth-order valence-electron chi connectivity index (χ4n) is 7.37. The Morgan fingerprint density at radius 2 is 1.23 bits per heavy atom. The molecule has 0 heterocycles. The maximum atomic E-state index is 2.47. The summed E-state index contributed by atoms with van der Waals surface area (Å²) in [5, 5.41) is 2.97. The van der Waals surface area contributed by atoms with Crippen molar-refractivity contribution in [3.63, 3.8) is 0 Å². The molecule has 0 saturated heterocycles. The molecule has 0 N–H and O–H groups in total. The summed E-state index contributed by atoms with van der Waals surface area (Å²) < 4.78 is 0. The summed E-state index contributed by atoms with van der Waals surface area (Å²) in [5.74, 6) is 2.06. The van der Waals surface area contributed by atoms with Crippen molar-refractivity contribution in [1.82, 2.24) is 0 Å². The molecule has 39 heavy (non-hydrogen) atoms. The first-order chi connectivity index (χ1) is 17.8. The standard InChI is InChI=1S/C36H38.Hf.2HI/c1-3-5-15-33(35-29-21-11-7-17-25(29)26-18-8-12-22-30(26)35)34(16-6-4-2)36-31-23-13-9-19-27(31)28-20-10-14-24-32(28)36;;;/h7-14,17-24,29,33-34,36H,3-6,15-16H2,1-2H3;;2*1H/q;+2;;/p-2. The van der Waals surface area contributed by atoms with Crippen molar-refractivity contribution in [2.75, 3.05) is 0 Å². The van der Waals surface area contributed by atoms with Crippen LogP contribution in [0.5, 0.6) is 0 Å². The molecule has 0 amide bonds. The molecule has 3 aromatic rings. The van der Waals surface area contributed by atoms with E-state index in [2.05, 4.69) is 111 Å². The van der Waals surface area contributed by atoms with E-state index in [9.17, 15) is 0 Å². The maximum absolute atomic E-state index is 2.47. The van der Waals surface area contributed by atoms with Crippen molar-refractivity contribution in [2.45, 2.75) is 58.3 Å². The summed E-state index contributed by atoms with van der Waals surface area (Å²) in [6.07, 6.45) is 17.0. The molecule has 3 heteroatoms. The molecule has 0 fully saturated rings. The second-order valence-electron chi connectivity index (χ2n) is 10.9. The van der Waals surface area contributed by atoms with E-state index in [1.54, 1.807) is 16.7 Å². The van der Waals surface area contributed by atoms with E-state index in [1.807, 2.05) is 0 Å². The number of unbranched alkanes of at least 4 members (excludes halogenated alkanes) is 2. The number of hydrogen-bond donors (Lipinski definition) is 0. The molecule has 0 radical (unpaired) electrons. The minimum atomic E-state index is 0. The van der Waals surface area contributed by atoms with Crippen LogP contribution < -0.4 is 58.4 Å². The van der Waals surface area contributed by atoms with Crippen molar-refractivity contribution in [3.05, 3.63) is 119 Å². The van der Waals surface area contributed by atoms with Gasteiger partial charge in [-0.15, -0.1) is 0 Å². The summed E-state index contributed by atoms with van der Waals surface area (Å²) in [5.41, 5.74) is 9.22. The van der Waals surface area contributed by atoms with Crippen molar-refractivity contribution in [3.8, 4) is 11.1 Å². The summed E-state index contributed by atoms with van der Waals surface area (Å²) in [6, 6.07) is 27.7. The van der Waals surface area contributed by atoms with E-state index in [0.717, 1.165) is 0 Å². The first-order valence-electron chi connectivity index (χ1n) is 14.2. The minimum Gasteiger partial charge on any atom is -1.00 e. The molecule has 0 bridgehead atoms. The van der Waals surface area contributed by atoms with Gasteiger partial charge in [0.05, 0.1) is 0 Å². The van der Waals surface area contributed by atoms with Gasteiger partial charge < -0.3 is 48.0 Å². The summed E-state index contributed by atoms with van der Waals surface area (Å²) >= 11 is 0. The SMILES string of the molecule is CCCCC(C1=c2ccccc2=C2C=CC=CC21)C(CCCC)C1c2ccccc2-c2ccccc21.[Hf+2].[I-].[I-]. The average Bonchev–Trinajstić information content (AvgIpc) is 3.44. The van der Waals surface area contributed by atoms with Gasteiger partial charge in [-0.1, -0.05) is 137 Å². The Balaban J connectivity index is 0.00000140. The Kier molecular flexibility index (Phi) is 12.5. The van der Waals surface area contributed by atoms with Gasteiger partial charge in [0, 0.05) is 11.8 Å². The van der Waals surface area contributed by atoms with Crippen molar-refractivity contribution in [2.24, 2.45) is 17.8 Å². The predicted octanol–water partition coefficient (Wildman–Crippen LogP) is 2.17. The van der Waals surface area contributed by atoms with E-state index in [-0.39, 0.29) is 73.8 Å². The van der Waals surface area contributed by atoms with Gasteiger partial charge in [0.15, 0.2) is 0 Å². The summed E-state index contributed by atoms with van der Waals surface area (Å²) in [4.78, 5) is 0. The molecule has 0 aliphatic heterocycles. The quantitative estimate of drug-likeness (QED) is 0.229. The molecule has 3 atom stereocenters. The third-order valence-electron chi connectivity index (χ3n) is 8.90. The molecule has 200 valence electrons.